The molecule has 0 saturated carbocycles. The Morgan fingerprint density at radius 3 is 2.79 bits per heavy atom. The quantitative estimate of drug-likeness (QED) is 0.395. The van der Waals surface area contributed by atoms with Gasteiger partial charge in [-0.25, -0.2) is 4.98 Å². The van der Waals surface area contributed by atoms with Crippen LogP contribution in [0.2, 0.25) is 0 Å². The molecule has 1 aliphatic rings. The predicted octanol–water partition coefficient (Wildman–Crippen LogP) is 3.92. The highest BCUT2D eigenvalue weighted by Crippen LogP contribution is 2.30. The van der Waals surface area contributed by atoms with E-state index in [-0.39, 0.29) is 10.6 Å². The number of piperidine rings is 1. The summed E-state index contributed by atoms with van der Waals surface area (Å²) < 4.78 is 7.77. The van der Waals surface area contributed by atoms with Crippen LogP contribution in [0.15, 0.2) is 53.1 Å². The lowest BCUT2D eigenvalue weighted by molar-refractivity contribution is -0.384. The fourth-order valence-electron chi connectivity index (χ4n) is 3.86. The van der Waals surface area contributed by atoms with Gasteiger partial charge in [0, 0.05) is 36.5 Å². The van der Waals surface area contributed by atoms with Crippen molar-refractivity contribution in [1.29, 1.82) is 0 Å². The van der Waals surface area contributed by atoms with Crippen molar-refractivity contribution in [3.8, 4) is 0 Å². The molecule has 3 heterocycles. The van der Waals surface area contributed by atoms with Gasteiger partial charge in [0.15, 0.2) is 11.5 Å². The smallest absolute Gasteiger partial charge is 0.271 e. The number of oxazole rings is 1. The van der Waals surface area contributed by atoms with Crippen molar-refractivity contribution in [1.82, 2.24) is 19.7 Å². The van der Waals surface area contributed by atoms with Crippen molar-refractivity contribution < 1.29 is 9.34 Å². The van der Waals surface area contributed by atoms with Gasteiger partial charge in [-0.1, -0.05) is 12.1 Å². The minimum Gasteiger partial charge on any atom is -0.440 e. The lowest BCUT2D eigenvalue weighted by Gasteiger charge is -2.30. The largest absolute Gasteiger partial charge is 0.440 e. The molecule has 1 saturated heterocycles. The van der Waals surface area contributed by atoms with E-state index in [1.54, 1.807) is 18.3 Å². The number of nitro groups is 1. The molecule has 142 valence electrons. The van der Waals surface area contributed by atoms with E-state index in [0.717, 1.165) is 53.8 Å². The third-order valence-electron chi connectivity index (χ3n) is 5.42. The zero-order valence-corrected chi connectivity index (χ0v) is 15.2. The van der Waals surface area contributed by atoms with E-state index in [0.29, 0.717) is 12.6 Å². The summed E-state index contributed by atoms with van der Waals surface area (Å²) in [5, 5.41) is 16.4. The molecule has 0 amide bonds. The Labute approximate surface area is 160 Å². The molecule has 0 aliphatic carbocycles. The normalized spacial score (nSPS) is 16.1. The topological polar surface area (TPSA) is 90.2 Å². The van der Waals surface area contributed by atoms with Crippen molar-refractivity contribution in [3.63, 3.8) is 0 Å². The van der Waals surface area contributed by atoms with E-state index < -0.39 is 0 Å². The molecule has 8 nitrogen and oxygen atoms in total. The zero-order chi connectivity index (χ0) is 19.1. The van der Waals surface area contributed by atoms with Crippen molar-refractivity contribution >= 4 is 27.7 Å². The van der Waals surface area contributed by atoms with Gasteiger partial charge in [0.2, 0.25) is 0 Å². The summed E-state index contributed by atoms with van der Waals surface area (Å²) in [6.07, 6.45) is 3.68. The number of hydrogen-bond donors (Lipinski definition) is 0. The summed E-state index contributed by atoms with van der Waals surface area (Å²) in [4.78, 5) is 17.6. The highest BCUT2D eigenvalue weighted by atomic mass is 16.6. The Morgan fingerprint density at radius 1 is 1.18 bits per heavy atom. The summed E-state index contributed by atoms with van der Waals surface area (Å²) >= 11 is 0. The van der Waals surface area contributed by atoms with E-state index in [9.17, 15) is 10.1 Å². The van der Waals surface area contributed by atoms with Crippen LogP contribution in [0.25, 0.3) is 22.0 Å². The predicted molar refractivity (Wildman–Crippen MR) is 104 cm³/mol. The number of non-ortho nitro benzene ring substituents is 1. The van der Waals surface area contributed by atoms with Gasteiger partial charge in [-0.15, -0.1) is 0 Å². The van der Waals surface area contributed by atoms with Crippen LogP contribution in [0, 0.1) is 10.1 Å². The molecule has 5 rings (SSSR count). The van der Waals surface area contributed by atoms with E-state index in [1.165, 1.54) is 6.07 Å². The summed E-state index contributed by atoms with van der Waals surface area (Å²) in [5.41, 5.74) is 2.62. The number of aromatic nitrogens is 3. The maximum Gasteiger partial charge on any atom is 0.271 e. The van der Waals surface area contributed by atoms with Crippen LogP contribution < -0.4 is 0 Å². The fraction of sp³-hybridized carbons (Fsp3) is 0.300. The second-order valence-corrected chi connectivity index (χ2v) is 7.20. The molecule has 1 aliphatic heterocycles. The maximum atomic E-state index is 11.1. The lowest BCUT2D eigenvalue weighted by Crippen LogP contribution is -2.34. The molecule has 1 fully saturated rings. The van der Waals surface area contributed by atoms with Crippen molar-refractivity contribution in [2.75, 3.05) is 13.1 Å². The molecule has 0 spiro atoms. The fourth-order valence-corrected chi connectivity index (χ4v) is 3.86. The van der Waals surface area contributed by atoms with E-state index in [2.05, 4.69) is 15.0 Å². The first-order valence-corrected chi connectivity index (χ1v) is 9.35. The van der Waals surface area contributed by atoms with Crippen LogP contribution in [0.1, 0.15) is 24.7 Å². The standard InChI is InChI=1S/C20H19N5O3/c26-25(27)16-6-5-15-12-21-24(18(15)11-16)13-23-9-7-14(8-10-23)20-22-17-3-1-2-4-19(17)28-20/h1-6,11-12,14H,7-10,13H2. The molecular weight excluding hydrogens is 358 g/mol. The Balaban J connectivity index is 1.29. The van der Waals surface area contributed by atoms with E-state index in [4.69, 9.17) is 4.42 Å². The highest BCUT2D eigenvalue weighted by Gasteiger charge is 2.25. The second kappa shape index (κ2) is 6.72. The van der Waals surface area contributed by atoms with Crippen molar-refractivity contribution in [2.45, 2.75) is 25.4 Å². The van der Waals surface area contributed by atoms with Crippen LogP contribution in [-0.4, -0.2) is 37.7 Å². The molecule has 4 aromatic rings. The number of nitro benzene ring substituents is 1. The third kappa shape index (κ3) is 3.01. The van der Waals surface area contributed by atoms with E-state index in [1.807, 2.05) is 28.9 Å². The molecule has 28 heavy (non-hydrogen) atoms. The number of para-hydroxylation sites is 2. The second-order valence-electron chi connectivity index (χ2n) is 7.20. The number of likely N-dealkylation sites (tertiary alicyclic amines) is 1. The van der Waals surface area contributed by atoms with Crippen LogP contribution >= 0.6 is 0 Å². The van der Waals surface area contributed by atoms with Gasteiger partial charge in [-0.2, -0.15) is 5.10 Å². The Hall–Kier alpha value is -3.26. The molecule has 2 aromatic heterocycles. The molecule has 2 aromatic carbocycles. The number of benzene rings is 2. The first-order valence-electron chi connectivity index (χ1n) is 9.35. The van der Waals surface area contributed by atoms with Crippen molar-refractivity contribution in [3.05, 3.63) is 64.7 Å². The van der Waals surface area contributed by atoms with E-state index >= 15 is 0 Å². The van der Waals surface area contributed by atoms with Crippen molar-refractivity contribution in [2.24, 2.45) is 0 Å². The van der Waals surface area contributed by atoms with Crippen LogP contribution in [0.4, 0.5) is 5.69 Å². The molecule has 0 N–H and O–H groups in total. The van der Waals surface area contributed by atoms with Gasteiger partial charge in [-0.05, 0) is 31.0 Å². The molecular formula is C20H19N5O3. The number of nitrogens with zero attached hydrogens (tertiary/aromatic N) is 5. The minimum atomic E-state index is -0.372. The van der Waals surface area contributed by atoms with Gasteiger partial charge in [0.25, 0.3) is 5.69 Å². The Bertz CT molecular complexity index is 1120. The molecule has 0 unspecified atom stereocenters. The Morgan fingerprint density at radius 2 is 2.00 bits per heavy atom. The lowest BCUT2D eigenvalue weighted by atomic mass is 9.97. The summed E-state index contributed by atoms with van der Waals surface area (Å²) in [6, 6.07) is 12.7. The van der Waals surface area contributed by atoms with Gasteiger partial charge >= 0.3 is 0 Å². The van der Waals surface area contributed by atoms with Crippen LogP contribution in [-0.2, 0) is 6.67 Å². The third-order valence-corrected chi connectivity index (χ3v) is 5.42. The van der Waals surface area contributed by atoms with Gasteiger partial charge < -0.3 is 4.42 Å². The number of fused-ring (bicyclic) bond motifs is 2. The SMILES string of the molecule is O=[N+]([O-])c1ccc2cnn(CN3CCC(c4nc5ccccc5o4)CC3)c2c1. The van der Waals surface area contributed by atoms with Crippen LogP contribution in [0.3, 0.4) is 0 Å². The molecule has 0 bridgehead atoms. The minimum absolute atomic E-state index is 0.0870. The van der Waals surface area contributed by atoms with Gasteiger partial charge in [0.05, 0.1) is 23.3 Å². The molecule has 0 atom stereocenters. The average molecular weight is 377 g/mol. The van der Waals surface area contributed by atoms with Gasteiger partial charge in [0.1, 0.15) is 5.52 Å². The number of hydrogen-bond acceptors (Lipinski definition) is 6. The Kier molecular flexibility index (Phi) is 4.05. The highest BCUT2D eigenvalue weighted by molar-refractivity contribution is 5.81. The van der Waals surface area contributed by atoms with Gasteiger partial charge in [-0.3, -0.25) is 19.7 Å². The summed E-state index contributed by atoms with van der Waals surface area (Å²) in [6.45, 7) is 2.42. The zero-order valence-electron chi connectivity index (χ0n) is 15.2. The summed E-state index contributed by atoms with van der Waals surface area (Å²) in [5.74, 6) is 1.14. The first kappa shape index (κ1) is 16.9. The first-order chi connectivity index (χ1) is 13.7. The number of rotatable bonds is 4. The average Bonchev–Trinajstić information content (AvgIpc) is 3.32. The monoisotopic (exact) mass is 377 g/mol. The molecule has 0 radical (unpaired) electrons. The maximum absolute atomic E-state index is 11.1. The molecule has 8 heteroatoms. The van der Waals surface area contributed by atoms with Crippen LogP contribution in [0.5, 0.6) is 0 Å². The summed E-state index contributed by atoms with van der Waals surface area (Å²) in [7, 11) is 0.